The van der Waals surface area contributed by atoms with E-state index in [4.69, 9.17) is 16.7 Å². The lowest BCUT2D eigenvalue weighted by Gasteiger charge is -2.21. The summed E-state index contributed by atoms with van der Waals surface area (Å²) in [6.07, 6.45) is 0.571. The fourth-order valence-electron chi connectivity index (χ4n) is 1.42. The Morgan fingerprint density at radius 1 is 1.50 bits per heavy atom. The second kappa shape index (κ2) is 4.80. The lowest BCUT2D eigenvalue weighted by atomic mass is 9.87. The summed E-state index contributed by atoms with van der Waals surface area (Å²) in [5.74, 6) is 0. The van der Waals surface area contributed by atoms with Gasteiger partial charge in [-0.15, -0.1) is 0 Å². The minimum atomic E-state index is -0.502. The van der Waals surface area contributed by atoms with Crippen molar-refractivity contribution in [1.29, 1.82) is 0 Å². The average Bonchev–Trinajstić information content (AvgIpc) is 2.20. The number of nitro benzene ring substituents is 1. The van der Waals surface area contributed by atoms with Gasteiger partial charge in [-0.25, -0.2) is 0 Å². The molecule has 0 radical (unpaired) electrons. The Hall–Kier alpha value is -1.13. The SMILES string of the molecule is CC(C)(CO)Cc1ccc(Cl)c([N+](=O)[O-])c1. The molecular formula is C11H14ClNO3. The molecular weight excluding hydrogens is 230 g/mol. The van der Waals surface area contributed by atoms with E-state index in [-0.39, 0.29) is 22.7 Å². The molecule has 0 amide bonds. The smallest absolute Gasteiger partial charge is 0.288 e. The Balaban J connectivity index is 3.00. The molecule has 0 aliphatic carbocycles. The predicted molar refractivity (Wildman–Crippen MR) is 62.7 cm³/mol. The zero-order valence-electron chi connectivity index (χ0n) is 9.24. The molecule has 5 heteroatoms. The molecule has 4 nitrogen and oxygen atoms in total. The van der Waals surface area contributed by atoms with Crippen molar-refractivity contribution in [3.8, 4) is 0 Å². The van der Waals surface area contributed by atoms with Crippen LogP contribution in [0.15, 0.2) is 18.2 Å². The molecule has 0 fully saturated rings. The Labute approximate surface area is 99.0 Å². The van der Waals surface area contributed by atoms with E-state index in [1.165, 1.54) is 12.1 Å². The van der Waals surface area contributed by atoms with Gasteiger partial charge in [-0.05, 0) is 23.5 Å². The first-order chi connectivity index (χ1) is 7.35. The molecule has 0 bridgehead atoms. The molecule has 0 unspecified atom stereocenters. The summed E-state index contributed by atoms with van der Waals surface area (Å²) in [6, 6.07) is 4.72. The topological polar surface area (TPSA) is 63.4 Å². The van der Waals surface area contributed by atoms with Crippen LogP contribution < -0.4 is 0 Å². The first kappa shape index (κ1) is 12.9. The third-order valence-electron chi connectivity index (χ3n) is 2.32. The van der Waals surface area contributed by atoms with Crippen LogP contribution in [0.3, 0.4) is 0 Å². The summed E-state index contributed by atoms with van der Waals surface area (Å²) in [4.78, 5) is 10.2. The monoisotopic (exact) mass is 243 g/mol. The van der Waals surface area contributed by atoms with E-state index in [1.807, 2.05) is 13.8 Å². The van der Waals surface area contributed by atoms with Crippen LogP contribution in [-0.4, -0.2) is 16.6 Å². The van der Waals surface area contributed by atoms with Crippen molar-refractivity contribution in [3.05, 3.63) is 38.9 Å². The van der Waals surface area contributed by atoms with Gasteiger partial charge in [0.1, 0.15) is 5.02 Å². The molecule has 1 aromatic carbocycles. The van der Waals surface area contributed by atoms with Crippen LogP contribution in [0.25, 0.3) is 0 Å². The summed E-state index contributed by atoms with van der Waals surface area (Å²) in [7, 11) is 0. The zero-order valence-corrected chi connectivity index (χ0v) is 9.99. The van der Waals surface area contributed by atoms with Gasteiger partial charge in [0.05, 0.1) is 4.92 Å². The van der Waals surface area contributed by atoms with E-state index in [0.29, 0.717) is 6.42 Å². The van der Waals surface area contributed by atoms with Crippen molar-refractivity contribution in [1.82, 2.24) is 0 Å². The fraction of sp³-hybridized carbons (Fsp3) is 0.455. The van der Waals surface area contributed by atoms with Crippen molar-refractivity contribution in [2.45, 2.75) is 20.3 Å². The Morgan fingerprint density at radius 3 is 2.62 bits per heavy atom. The molecule has 1 rings (SSSR count). The Bertz CT molecular complexity index is 404. The maximum absolute atomic E-state index is 10.7. The third-order valence-corrected chi connectivity index (χ3v) is 2.64. The molecule has 88 valence electrons. The fourth-order valence-corrected chi connectivity index (χ4v) is 1.60. The Kier molecular flexibility index (Phi) is 3.88. The van der Waals surface area contributed by atoms with E-state index >= 15 is 0 Å². The molecule has 16 heavy (non-hydrogen) atoms. The maximum atomic E-state index is 10.7. The van der Waals surface area contributed by atoms with Gasteiger partial charge in [-0.3, -0.25) is 10.1 Å². The molecule has 1 N–H and O–H groups in total. The van der Waals surface area contributed by atoms with Gasteiger partial charge < -0.3 is 5.11 Å². The van der Waals surface area contributed by atoms with Gasteiger partial charge in [-0.1, -0.05) is 31.5 Å². The second-order valence-corrected chi connectivity index (χ2v) is 4.95. The Morgan fingerprint density at radius 2 is 2.12 bits per heavy atom. The van der Waals surface area contributed by atoms with Gasteiger partial charge in [0.2, 0.25) is 0 Å². The molecule has 0 aliphatic rings. The maximum Gasteiger partial charge on any atom is 0.288 e. The zero-order chi connectivity index (χ0) is 12.3. The second-order valence-electron chi connectivity index (χ2n) is 4.54. The molecule has 0 spiro atoms. The van der Waals surface area contributed by atoms with Gasteiger partial charge in [-0.2, -0.15) is 0 Å². The largest absolute Gasteiger partial charge is 0.396 e. The molecule has 1 aromatic rings. The quantitative estimate of drug-likeness (QED) is 0.653. The van der Waals surface area contributed by atoms with Crippen LogP contribution in [0.2, 0.25) is 5.02 Å². The number of aliphatic hydroxyl groups excluding tert-OH is 1. The molecule has 0 atom stereocenters. The highest BCUT2D eigenvalue weighted by molar-refractivity contribution is 6.32. The van der Waals surface area contributed by atoms with Crippen molar-refractivity contribution in [2.75, 3.05) is 6.61 Å². The van der Waals surface area contributed by atoms with Crippen LogP contribution in [0.4, 0.5) is 5.69 Å². The number of halogens is 1. The highest BCUT2D eigenvalue weighted by atomic mass is 35.5. The molecule has 0 saturated carbocycles. The van der Waals surface area contributed by atoms with Crippen LogP contribution >= 0.6 is 11.6 Å². The van der Waals surface area contributed by atoms with Crippen molar-refractivity contribution in [3.63, 3.8) is 0 Å². The molecule has 0 heterocycles. The number of benzene rings is 1. The average molecular weight is 244 g/mol. The van der Waals surface area contributed by atoms with Crippen LogP contribution in [0.1, 0.15) is 19.4 Å². The number of aliphatic hydroxyl groups is 1. The molecule has 0 aliphatic heterocycles. The minimum Gasteiger partial charge on any atom is -0.396 e. The van der Waals surface area contributed by atoms with E-state index in [0.717, 1.165) is 5.56 Å². The van der Waals surface area contributed by atoms with E-state index in [2.05, 4.69) is 0 Å². The lowest BCUT2D eigenvalue weighted by Crippen LogP contribution is -2.19. The van der Waals surface area contributed by atoms with Gasteiger partial charge in [0.15, 0.2) is 0 Å². The van der Waals surface area contributed by atoms with Gasteiger partial charge >= 0.3 is 0 Å². The standard InChI is InChI=1S/C11H14ClNO3/c1-11(2,7-14)6-8-3-4-9(12)10(5-8)13(15)16/h3-5,14H,6-7H2,1-2H3. The molecule has 0 saturated heterocycles. The summed E-state index contributed by atoms with van der Waals surface area (Å²) < 4.78 is 0. The van der Waals surface area contributed by atoms with E-state index in [9.17, 15) is 10.1 Å². The van der Waals surface area contributed by atoms with Crippen LogP contribution in [0, 0.1) is 15.5 Å². The van der Waals surface area contributed by atoms with Gasteiger partial charge in [0, 0.05) is 12.7 Å². The molecule has 0 aromatic heterocycles. The number of hydrogen-bond acceptors (Lipinski definition) is 3. The highest BCUT2D eigenvalue weighted by Crippen LogP contribution is 2.28. The number of hydrogen-bond donors (Lipinski definition) is 1. The van der Waals surface area contributed by atoms with E-state index in [1.54, 1.807) is 6.07 Å². The summed E-state index contributed by atoms with van der Waals surface area (Å²) in [5.41, 5.74) is 0.421. The third kappa shape index (κ3) is 3.18. The first-order valence-electron chi connectivity index (χ1n) is 4.89. The minimum absolute atomic E-state index is 0.0312. The highest BCUT2D eigenvalue weighted by Gasteiger charge is 2.20. The predicted octanol–water partition coefficient (Wildman–Crippen LogP) is 2.81. The summed E-state index contributed by atoms with van der Waals surface area (Å²) in [6.45, 7) is 3.82. The van der Waals surface area contributed by atoms with E-state index < -0.39 is 4.92 Å². The van der Waals surface area contributed by atoms with Crippen LogP contribution in [0.5, 0.6) is 0 Å². The van der Waals surface area contributed by atoms with Crippen molar-refractivity contribution < 1.29 is 10.0 Å². The van der Waals surface area contributed by atoms with Gasteiger partial charge in [0.25, 0.3) is 5.69 Å². The van der Waals surface area contributed by atoms with Crippen molar-refractivity contribution in [2.24, 2.45) is 5.41 Å². The normalized spacial score (nSPS) is 11.5. The summed E-state index contributed by atoms with van der Waals surface area (Å²) in [5, 5.41) is 19.9. The number of nitrogens with zero attached hydrogens (tertiary/aromatic N) is 1. The lowest BCUT2D eigenvalue weighted by molar-refractivity contribution is -0.384. The van der Waals surface area contributed by atoms with Crippen molar-refractivity contribution >= 4 is 17.3 Å². The number of nitro groups is 1. The summed E-state index contributed by atoms with van der Waals surface area (Å²) >= 11 is 5.71. The first-order valence-corrected chi connectivity index (χ1v) is 5.27. The van der Waals surface area contributed by atoms with Crippen LogP contribution in [-0.2, 0) is 6.42 Å². The number of rotatable bonds is 4.